The minimum atomic E-state index is -0.369. The van der Waals surface area contributed by atoms with E-state index in [2.05, 4.69) is 6.92 Å². The van der Waals surface area contributed by atoms with Crippen LogP contribution in [0.3, 0.4) is 0 Å². The summed E-state index contributed by atoms with van der Waals surface area (Å²) in [4.78, 5) is 0. The molecule has 73 valence electrons. The lowest BCUT2D eigenvalue weighted by atomic mass is 9.94. The van der Waals surface area contributed by atoms with E-state index in [-0.39, 0.29) is 18.1 Å². The highest BCUT2D eigenvalue weighted by Gasteiger charge is 2.16. The van der Waals surface area contributed by atoms with Crippen molar-refractivity contribution in [2.24, 2.45) is 5.92 Å². The van der Waals surface area contributed by atoms with Crippen molar-refractivity contribution in [2.75, 3.05) is 0 Å². The maximum Gasteiger partial charge on any atom is 0.0572 e. The lowest BCUT2D eigenvalue weighted by molar-refractivity contribution is 0.0730. The molecule has 2 heteroatoms. The molecular formula is C10H21O2. The minimum absolute atomic E-state index is 0.191. The van der Waals surface area contributed by atoms with E-state index in [0.29, 0.717) is 6.42 Å². The standard InChI is InChI=1S/C10H21O2/c1-4-6-10(12)8(3)7-9(11)5-2/h5,8-12H,4,6-7H2,1-3H3. The van der Waals surface area contributed by atoms with E-state index in [1.165, 1.54) is 0 Å². The van der Waals surface area contributed by atoms with Gasteiger partial charge in [-0.25, -0.2) is 0 Å². The Morgan fingerprint density at radius 2 is 1.92 bits per heavy atom. The van der Waals surface area contributed by atoms with E-state index >= 15 is 0 Å². The van der Waals surface area contributed by atoms with Crippen molar-refractivity contribution in [1.82, 2.24) is 0 Å². The van der Waals surface area contributed by atoms with Crippen LogP contribution in [-0.4, -0.2) is 22.4 Å². The largest absolute Gasteiger partial charge is 0.393 e. The van der Waals surface area contributed by atoms with Gasteiger partial charge < -0.3 is 10.2 Å². The Balaban J connectivity index is 3.62. The van der Waals surface area contributed by atoms with Crippen molar-refractivity contribution in [3.63, 3.8) is 0 Å². The first-order valence-electron chi connectivity index (χ1n) is 4.77. The summed E-state index contributed by atoms with van der Waals surface area (Å²) in [5.41, 5.74) is 0. The average Bonchev–Trinajstić information content (AvgIpc) is 2.04. The highest BCUT2D eigenvalue weighted by atomic mass is 16.3. The van der Waals surface area contributed by atoms with Crippen molar-refractivity contribution >= 4 is 0 Å². The molecule has 0 aliphatic rings. The molecule has 0 rings (SSSR count). The zero-order chi connectivity index (χ0) is 9.56. The Hall–Kier alpha value is -0.0800. The van der Waals surface area contributed by atoms with E-state index in [1.807, 2.05) is 13.8 Å². The fraction of sp³-hybridized carbons (Fsp3) is 0.900. The molecule has 3 unspecified atom stereocenters. The summed E-state index contributed by atoms with van der Waals surface area (Å²) in [6.07, 6.45) is 3.62. The van der Waals surface area contributed by atoms with Crippen molar-refractivity contribution in [2.45, 2.75) is 52.2 Å². The van der Waals surface area contributed by atoms with Gasteiger partial charge in [0.05, 0.1) is 12.2 Å². The first-order chi connectivity index (χ1) is 5.61. The predicted octanol–water partition coefficient (Wildman–Crippen LogP) is 1.76. The smallest absolute Gasteiger partial charge is 0.0572 e. The molecule has 0 aliphatic carbocycles. The Bertz CT molecular complexity index is 104. The number of aliphatic hydroxyl groups is 2. The van der Waals surface area contributed by atoms with Crippen LogP contribution in [0, 0.1) is 12.3 Å². The van der Waals surface area contributed by atoms with Crippen LogP contribution in [0.4, 0.5) is 0 Å². The monoisotopic (exact) mass is 173 g/mol. The first-order valence-corrected chi connectivity index (χ1v) is 4.77. The molecule has 3 atom stereocenters. The minimum Gasteiger partial charge on any atom is -0.393 e. The van der Waals surface area contributed by atoms with E-state index in [9.17, 15) is 10.2 Å². The van der Waals surface area contributed by atoms with E-state index in [0.717, 1.165) is 12.8 Å². The van der Waals surface area contributed by atoms with Crippen molar-refractivity contribution in [1.29, 1.82) is 0 Å². The average molecular weight is 173 g/mol. The van der Waals surface area contributed by atoms with Gasteiger partial charge in [-0.3, -0.25) is 0 Å². The lowest BCUT2D eigenvalue weighted by Crippen LogP contribution is -2.22. The summed E-state index contributed by atoms with van der Waals surface area (Å²) in [6.45, 7) is 5.87. The Morgan fingerprint density at radius 1 is 1.33 bits per heavy atom. The normalized spacial score (nSPS) is 18.8. The molecule has 0 amide bonds. The quantitative estimate of drug-likeness (QED) is 0.642. The second kappa shape index (κ2) is 6.44. The topological polar surface area (TPSA) is 40.5 Å². The van der Waals surface area contributed by atoms with Crippen LogP contribution in [0.1, 0.15) is 40.0 Å². The summed E-state index contributed by atoms with van der Waals surface area (Å²) >= 11 is 0. The van der Waals surface area contributed by atoms with Gasteiger partial charge in [0, 0.05) is 0 Å². The van der Waals surface area contributed by atoms with E-state index in [1.54, 1.807) is 6.42 Å². The lowest BCUT2D eigenvalue weighted by Gasteiger charge is -2.20. The summed E-state index contributed by atoms with van der Waals surface area (Å²) < 4.78 is 0. The van der Waals surface area contributed by atoms with Gasteiger partial charge in [0.1, 0.15) is 0 Å². The number of hydrogen-bond acceptors (Lipinski definition) is 2. The molecular weight excluding hydrogens is 152 g/mol. The van der Waals surface area contributed by atoms with Gasteiger partial charge >= 0.3 is 0 Å². The third-order valence-electron chi connectivity index (χ3n) is 2.24. The third kappa shape index (κ3) is 4.73. The summed E-state index contributed by atoms with van der Waals surface area (Å²) in [5, 5.41) is 18.8. The second-order valence-corrected chi connectivity index (χ2v) is 3.47. The summed E-state index contributed by atoms with van der Waals surface area (Å²) in [7, 11) is 0. The Kier molecular flexibility index (Phi) is 6.39. The van der Waals surface area contributed by atoms with Crippen molar-refractivity contribution in [3.8, 4) is 0 Å². The van der Waals surface area contributed by atoms with Crippen LogP contribution < -0.4 is 0 Å². The van der Waals surface area contributed by atoms with Gasteiger partial charge in [0.25, 0.3) is 0 Å². The van der Waals surface area contributed by atoms with Crippen LogP contribution >= 0.6 is 0 Å². The molecule has 0 fully saturated rings. The van der Waals surface area contributed by atoms with E-state index in [4.69, 9.17) is 0 Å². The van der Waals surface area contributed by atoms with Crippen LogP contribution in [0.15, 0.2) is 0 Å². The Morgan fingerprint density at radius 3 is 2.33 bits per heavy atom. The molecule has 2 nitrogen and oxygen atoms in total. The van der Waals surface area contributed by atoms with Gasteiger partial charge in [-0.2, -0.15) is 0 Å². The molecule has 0 aromatic heterocycles. The van der Waals surface area contributed by atoms with Crippen molar-refractivity contribution in [3.05, 3.63) is 6.42 Å². The summed E-state index contributed by atoms with van der Waals surface area (Å²) in [6, 6.07) is 0. The zero-order valence-electron chi connectivity index (χ0n) is 8.33. The molecule has 0 saturated carbocycles. The first kappa shape index (κ1) is 11.9. The molecule has 0 spiro atoms. The highest BCUT2D eigenvalue weighted by molar-refractivity contribution is 4.75. The van der Waals surface area contributed by atoms with Gasteiger partial charge in [-0.05, 0) is 25.2 Å². The third-order valence-corrected chi connectivity index (χ3v) is 2.24. The molecule has 1 radical (unpaired) electrons. The Labute approximate surface area is 75.6 Å². The molecule has 0 saturated heterocycles. The molecule has 0 heterocycles. The SMILES string of the molecule is C[CH]C(O)CC(C)C(O)CCC. The molecule has 0 aliphatic heterocycles. The maximum atomic E-state index is 9.54. The van der Waals surface area contributed by atoms with Gasteiger partial charge in [-0.1, -0.05) is 27.2 Å². The maximum absolute atomic E-state index is 9.54. The molecule has 0 aromatic rings. The summed E-state index contributed by atoms with van der Waals surface area (Å²) in [5.74, 6) is 0.191. The van der Waals surface area contributed by atoms with Crippen molar-refractivity contribution < 1.29 is 10.2 Å². The van der Waals surface area contributed by atoms with Crippen LogP contribution in [-0.2, 0) is 0 Å². The molecule has 0 aromatic carbocycles. The molecule has 12 heavy (non-hydrogen) atoms. The second-order valence-electron chi connectivity index (χ2n) is 3.47. The van der Waals surface area contributed by atoms with Crippen LogP contribution in [0.2, 0.25) is 0 Å². The van der Waals surface area contributed by atoms with Gasteiger partial charge in [-0.15, -0.1) is 0 Å². The van der Waals surface area contributed by atoms with Gasteiger partial charge in [0.15, 0.2) is 0 Å². The van der Waals surface area contributed by atoms with Gasteiger partial charge in [0.2, 0.25) is 0 Å². The predicted molar refractivity (Wildman–Crippen MR) is 50.7 cm³/mol. The molecule has 2 N–H and O–H groups in total. The number of hydrogen-bond donors (Lipinski definition) is 2. The van der Waals surface area contributed by atoms with Crippen LogP contribution in [0.5, 0.6) is 0 Å². The number of aliphatic hydroxyl groups excluding tert-OH is 2. The number of rotatable bonds is 6. The fourth-order valence-corrected chi connectivity index (χ4v) is 1.25. The molecule has 0 bridgehead atoms. The fourth-order valence-electron chi connectivity index (χ4n) is 1.25. The van der Waals surface area contributed by atoms with E-state index < -0.39 is 0 Å². The highest BCUT2D eigenvalue weighted by Crippen LogP contribution is 2.15. The van der Waals surface area contributed by atoms with Crippen LogP contribution in [0.25, 0.3) is 0 Å². The zero-order valence-corrected chi connectivity index (χ0v) is 8.33.